The molecule has 0 aromatic heterocycles. The molecule has 0 saturated carbocycles. The van der Waals surface area contributed by atoms with E-state index in [-0.39, 0.29) is 6.03 Å². The Bertz CT molecular complexity index is 256. The molecule has 0 unspecified atom stereocenters. The first-order chi connectivity index (χ1) is 6.29. The van der Waals surface area contributed by atoms with Gasteiger partial charge in [0, 0.05) is 18.8 Å². The third kappa shape index (κ3) is 1.60. The van der Waals surface area contributed by atoms with E-state index in [2.05, 4.69) is 5.32 Å². The van der Waals surface area contributed by atoms with Gasteiger partial charge in [0.15, 0.2) is 0 Å². The van der Waals surface area contributed by atoms with Gasteiger partial charge in [0.25, 0.3) is 0 Å². The standard InChI is InChI=1S/C8H13N3OS/c9-8(12)11-4-1-2-6(11)7-10-3-5-13-7/h10H,1-5H2,(H2,9,12). The fourth-order valence-corrected chi connectivity index (χ4v) is 2.70. The van der Waals surface area contributed by atoms with E-state index in [0.717, 1.165) is 42.4 Å². The number of amides is 2. The average molecular weight is 199 g/mol. The average Bonchev–Trinajstić information content (AvgIpc) is 2.74. The largest absolute Gasteiger partial charge is 0.378 e. The van der Waals surface area contributed by atoms with Crippen molar-refractivity contribution in [3.05, 3.63) is 10.7 Å². The quantitative estimate of drug-likeness (QED) is 0.602. The summed E-state index contributed by atoms with van der Waals surface area (Å²) in [7, 11) is 0. The molecule has 2 aliphatic heterocycles. The van der Waals surface area contributed by atoms with Crippen molar-refractivity contribution < 1.29 is 4.79 Å². The van der Waals surface area contributed by atoms with E-state index in [9.17, 15) is 4.79 Å². The number of nitrogens with zero attached hydrogens (tertiary/aromatic N) is 1. The van der Waals surface area contributed by atoms with Gasteiger partial charge in [0.2, 0.25) is 0 Å². The van der Waals surface area contributed by atoms with Gasteiger partial charge in [-0.2, -0.15) is 0 Å². The number of carbonyl (C=O) groups is 1. The number of hydrogen-bond acceptors (Lipinski definition) is 3. The van der Waals surface area contributed by atoms with Gasteiger partial charge in [-0.15, -0.1) is 11.8 Å². The number of carbonyl (C=O) groups excluding carboxylic acids is 1. The van der Waals surface area contributed by atoms with Crippen LogP contribution in [0.25, 0.3) is 0 Å². The summed E-state index contributed by atoms with van der Waals surface area (Å²) >= 11 is 1.78. The first-order valence-corrected chi connectivity index (χ1v) is 5.44. The van der Waals surface area contributed by atoms with Crippen molar-refractivity contribution in [2.45, 2.75) is 12.8 Å². The Morgan fingerprint density at radius 2 is 2.46 bits per heavy atom. The molecule has 13 heavy (non-hydrogen) atoms. The topological polar surface area (TPSA) is 58.4 Å². The molecule has 3 N–H and O–H groups in total. The van der Waals surface area contributed by atoms with Crippen LogP contribution in [0.1, 0.15) is 12.8 Å². The van der Waals surface area contributed by atoms with E-state index >= 15 is 0 Å². The number of nitrogens with one attached hydrogen (secondary N) is 1. The lowest BCUT2D eigenvalue weighted by Gasteiger charge is -2.16. The maximum atomic E-state index is 11.0. The van der Waals surface area contributed by atoms with Crippen LogP contribution in [0.5, 0.6) is 0 Å². The number of urea groups is 1. The molecule has 2 saturated heterocycles. The Kier molecular flexibility index (Phi) is 2.35. The highest BCUT2D eigenvalue weighted by atomic mass is 32.2. The van der Waals surface area contributed by atoms with Gasteiger partial charge in [-0.1, -0.05) is 0 Å². The number of hydrogen-bond donors (Lipinski definition) is 2. The Balaban J connectivity index is 2.21. The van der Waals surface area contributed by atoms with Gasteiger partial charge in [-0.05, 0) is 12.8 Å². The highest BCUT2D eigenvalue weighted by Crippen LogP contribution is 2.30. The van der Waals surface area contributed by atoms with Crippen LogP contribution in [0, 0.1) is 0 Å². The predicted molar refractivity (Wildman–Crippen MR) is 53.0 cm³/mol. The van der Waals surface area contributed by atoms with Gasteiger partial charge in [0.05, 0.1) is 10.7 Å². The van der Waals surface area contributed by atoms with Crippen molar-refractivity contribution in [2.75, 3.05) is 18.8 Å². The van der Waals surface area contributed by atoms with Crippen molar-refractivity contribution in [1.82, 2.24) is 10.2 Å². The number of primary amides is 1. The van der Waals surface area contributed by atoms with E-state index < -0.39 is 0 Å². The van der Waals surface area contributed by atoms with Crippen LogP contribution in [-0.2, 0) is 0 Å². The minimum atomic E-state index is -0.325. The summed E-state index contributed by atoms with van der Waals surface area (Å²) in [5.74, 6) is 1.09. The summed E-state index contributed by atoms with van der Waals surface area (Å²) in [6, 6.07) is -0.325. The zero-order valence-electron chi connectivity index (χ0n) is 7.38. The van der Waals surface area contributed by atoms with Crippen LogP contribution >= 0.6 is 11.8 Å². The van der Waals surface area contributed by atoms with Gasteiger partial charge in [-0.25, -0.2) is 4.79 Å². The molecule has 2 rings (SSSR count). The predicted octanol–water partition coefficient (Wildman–Crippen LogP) is 0.666. The number of allylic oxidation sites excluding steroid dienone is 1. The SMILES string of the molecule is NC(=O)N1CCCC1=C1NCCS1. The number of likely N-dealkylation sites (tertiary alicyclic amines) is 1. The lowest BCUT2D eigenvalue weighted by molar-refractivity contribution is 0.225. The maximum absolute atomic E-state index is 11.0. The van der Waals surface area contributed by atoms with E-state index in [0.29, 0.717) is 0 Å². The Morgan fingerprint density at radius 1 is 1.62 bits per heavy atom. The maximum Gasteiger partial charge on any atom is 0.319 e. The minimum Gasteiger partial charge on any atom is -0.378 e. The minimum absolute atomic E-state index is 0.325. The van der Waals surface area contributed by atoms with Crippen LogP contribution in [0.3, 0.4) is 0 Å². The van der Waals surface area contributed by atoms with Crippen molar-refractivity contribution >= 4 is 17.8 Å². The van der Waals surface area contributed by atoms with Crippen molar-refractivity contribution in [2.24, 2.45) is 5.73 Å². The molecule has 0 radical (unpaired) electrons. The molecule has 5 heteroatoms. The van der Waals surface area contributed by atoms with E-state index in [4.69, 9.17) is 5.73 Å². The fourth-order valence-electron chi connectivity index (χ4n) is 1.71. The summed E-state index contributed by atoms with van der Waals surface area (Å²) in [5.41, 5.74) is 6.36. The van der Waals surface area contributed by atoms with Crippen molar-refractivity contribution in [1.29, 1.82) is 0 Å². The molecule has 72 valence electrons. The second-order valence-corrected chi connectivity index (χ2v) is 4.25. The van der Waals surface area contributed by atoms with Gasteiger partial charge < -0.3 is 11.1 Å². The number of rotatable bonds is 0. The van der Waals surface area contributed by atoms with E-state index in [1.54, 1.807) is 16.7 Å². The molecule has 0 aromatic carbocycles. The molecule has 0 aromatic rings. The van der Waals surface area contributed by atoms with Crippen LogP contribution in [0.15, 0.2) is 10.7 Å². The molecule has 0 spiro atoms. The molecule has 0 atom stereocenters. The molecule has 0 bridgehead atoms. The summed E-state index contributed by atoms with van der Waals surface area (Å²) < 4.78 is 0. The fraction of sp³-hybridized carbons (Fsp3) is 0.625. The van der Waals surface area contributed by atoms with Crippen LogP contribution in [0.2, 0.25) is 0 Å². The third-order valence-corrected chi connectivity index (χ3v) is 3.36. The summed E-state index contributed by atoms with van der Waals surface area (Å²) in [6.45, 7) is 1.77. The zero-order chi connectivity index (χ0) is 9.26. The normalized spacial score (nSPS) is 27.8. The highest BCUT2D eigenvalue weighted by molar-refractivity contribution is 8.03. The molecule has 2 amide bonds. The second-order valence-electron chi connectivity index (χ2n) is 3.14. The smallest absolute Gasteiger partial charge is 0.319 e. The highest BCUT2D eigenvalue weighted by Gasteiger charge is 2.26. The first kappa shape index (κ1) is 8.74. The van der Waals surface area contributed by atoms with Crippen LogP contribution < -0.4 is 11.1 Å². The molecule has 4 nitrogen and oxygen atoms in total. The molecular weight excluding hydrogens is 186 g/mol. The van der Waals surface area contributed by atoms with E-state index in [1.165, 1.54) is 0 Å². The lowest BCUT2D eigenvalue weighted by atomic mass is 10.3. The zero-order valence-corrected chi connectivity index (χ0v) is 8.19. The van der Waals surface area contributed by atoms with Crippen LogP contribution in [0.4, 0.5) is 4.79 Å². The lowest BCUT2D eigenvalue weighted by Crippen LogP contribution is -2.32. The number of nitrogens with two attached hydrogens (primary N) is 1. The second kappa shape index (κ2) is 3.49. The summed E-state index contributed by atoms with van der Waals surface area (Å²) in [5, 5.41) is 4.43. The van der Waals surface area contributed by atoms with Crippen LogP contribution in [-0.4, -0.2) is 29.8 Å². The Morgan fingerprint density at radius 3 is 3.08 bits per heavy atom. The van der Waals surface area contributed by atoms with Crippen molar-refractivity contribution in [3.63, 3.8) is 0 Å². The Hall–Kier alpha value is -0.840. The Labute approximate surface area is 81.5 Å². The summed E-state index contributed by atoms with van der Waals surface area (Å²) in [4.78, 5) is 12.7. The van der Waals surface area contributed by atoms with Gasteiger partial charge >= 0.3 is 6.03 Å². The van der Waals surface area contributed by atoms with Gasteiger partial charge in [-0.3, -0.25) is 4.90 Å². The van der Waals surface area contributed by atoms with Crippen molar-refractivity contribution in [3.8, 4) is 0 Å². The third-order valence-electron chi connectivity index (χ3n) is 2.28. The molecule has 2 fully saturated rings. The number of thioether (sulfide) groups is 1. The summed E-state index contributed by atoms with van der Waals surface area (Å²) in [6.07, 6.45) is 2.00. The molecule has 2 heterocycles. The van der Waals surface area contributed by atoms with E-state index in [1.807, 2.05) is 0 Å². The molecule has 2 aliphatic rings. The first-order valence-electron chi connectivity index (χ1n) is 4.46. The monoisotopic (exact) mass is 199 g/mol. The molecular formula is C8H13N3OS. The molecule has 0 aliphatic carbocycles. The van der Waals surface area contributed by atoms with Gasteiger partial charge in [0.1, 0.15) is 0 Å².